The minimum Gasteiger partial charge on any atom is -0.371 e. The normalized spacial score (nSPS) is 17.8. The van der Waals surface area contributed by atoms with Crippen LogP contribution in [0.3, 0.4) is 0 Å². The third-order valence-electron chi connectivity index (χ3n) is 6.22. The SMILES string of the molecule is CC(CC(=O)Nc1cccc(N2CCCC2)c1)NC(=O)C1CCN(c2cnccn2)CC1. The average Bonchev–Trinajstić information content (AvgIpc) is 3.35. The molecule has 0 saturated carbocycles. The Morgan fingerprint density at radius 2 is 1.88 bits per heavy atom. The molecule has 3 heterocycles. The number of hydrogen-bond acceptors (Lipinski definition) is 6. The highest BCUT2D eigenvalue weighted by atomic mass is 16.2. The highest BCUT2D eigenvalue weighted by Gasteiger charge is 2.26. The summed E-state index contributed by atoms with van der Waals surface area (Å²) in [7, 11) is 0. The van der Waals surface area contributed by atoms with Crippen molar-refractivity contribution >= 4 is 29.0 Å². The van der Waals surface area contributed by atoms with Crippen LogP contribution >= 0.6 is 0 Å². The molecular weight excluding hydrogens is 404 g/mol. The zero-order valence-corrected chi connectivity index (χ0v) is 18.7. The number of carbonyl (C=O) groups excluding carboxylic acids is 2. The molecule has 170 valence electrons. The van der Waals surface area contributed by atoms with Crippen molar-refractivity contribution in [2.75, 3.05) is 41.3 Å². The number of carbonyl (C=O) groups is 2. The van der Waals surface area contributed by atoms with Gasteiger partial charge in [0, 0.05) is 68.3 Å². The number of nitrogens with zero attached hydrogens (tertiary/aromatic N) is 4. The first-order valence-electron chi connectivity index (χ1n) is 11.5. The zero-order valence-electron chi connectivity index (χ0n) is 18.7. The maximum atomic E-state index is 12.7. The number of benzene rings is 1. The van der Waals surface area contributed by atoms with Gasteiger partial charge in [0.25, 0.3) is 0 Å². The summed E-state index contributed by atoms with van der Waals surface area (Å²) in [5.74, 6) is 0.754. The van der Waals surface area contributed by atoms with Gasteiger partial charge in [0.05, 0.1) is 6.20 Å². The van der Waals surface area contributed by atoms with E-state index in [1.165, 1.54) is 12.8 Å². The van der Waals surface area contributed by atoms with E-state index in [1.807, 2.05) is 25.1 Å². The number of amides is 2. The maximum absolute atomic E-state index is 12.7. The van der Waals surface area contributed by atoms with Crippen LogP contribution in [0.15, 0.2) is 42.9 Å². The second kappa shape index (κ2) is 10.4. The van der Waals surface area contributed by atoms with Gasteiger partial charge in [0.1, 0.15) is 5.82 Å². The van der Waals surface area contributed by atoms with Gasteiger partial charge in [-0.15, -0.1) is 0 Å². The van der Waals surface area contributed by atoms with E-state index in [4.69, 9.17) is 0 Å². The van der Waals surface area contributed by atoms with Crippen molar-refractivity contribution in [3.05, 3.63) is 42.9 Å². The Hall–Kier alpha value is -3.16. The number of anilines is 3. The molecule has 2 aliphatic heterocycles. The standard InChI is InChI=1S/C24H32N6O2/c1-18(15-23(31)28-20-5-4-6-21(16-20)29-11-2-3-12-29)27-24(32)19-7-13-30(14-8-19)22-17-25-9-10-26-22/h4-6,9-10,16-19H,2-3,7-8,11-15H2,1H3,(H,27,32)(H,28,31). The fourth-order valence-electron chi connectivity index (χ4n) is 4.48. The monoisotopic (exact) mass is 436 g/mol. The van der Waals surface area contributed by atoms with Crippen LogP contribution in [0.5, 0.6) is 0 Å². The molecule has 2 amide bonds. The first-order chi connectivity index (χ1) is 15.6. The number of piperidine rings is 1. The number of hydrogen-bond donors (Lipinski definition) is 2. The molecule has 2 saturated heterocycles. The predicted octanol–water partition coefficient (Wildman–Crippen LogP) is 2.83. The Kier molecular flexibility index (Phi) is 7.19. The molecule has 2 aliphatic rings. The Bertz CT molecular complexity index is 908. The van der Waals surface area contributed by atoms with Crippen LogP contribution in [0.1, 0.15) is 39.0 Å². The molecular formula is C24H32N6O2. The summed E-state index contributed by atoms with van der Waals surface area (Å²) in [6.07, 6.45) is 9.31. The predicted molar refractivity (Wildman–Crippen MR) is 126 cm³/mol. The Labute approximate surface area is 189 Å². The summed E-state index contributed by atoms with van der Waals surface area (Å²) < 4.78 is 0. The van der Waals surface area contributed by atoms with Crippen LogP contribution in [-0.4, -0.2) is 54.0 Å². The molecule has 8 nitrogen and oxygen atoms in total. The average molecular weight is 437 g/mol. The van der Waals surface area contributed by atoms with Crippen LogP contribution in [0.2, 0.25) is 0 Å². The van der Waals surface area contributed by atoms with E-state index in [0.29, 0.717) is 0 Å². The van der Waals surface area contributed by atoms with Crippen molar-refractivity contribution in [1.29, 1.82) is 0 Å². The van der Waals surface area contributed by atoms with Gasteiger partial charge in [0.15, 0.2) is 0 Å². The minimum absolute atomic E-state index is 0.0279. The lowest BCUT2D eigenvalue weighted by Gasteiger charge is -2.32. The van der Waals surface area contributed by atoms with E-state index >= 15 is 0 Å². The summed E-state index contributed by atoms with van der Waals surface area (Å²) >= 11 is 0. The molecule has 8 heteroatoms. The van der Waals surface area contributed by atoms with E-state index in [1.54, 1.807) is 18.6 Å². The van der Waals surface area contributed by atoms with Crippen molar-refractivity contribution in [2.24, 2.45) is 5.92 Å². The zero-order chi connectivity index (χ0) is 22.3. The van der Waals surface area contributed by atoms with Crippen molar-refractivity contribution in [1.82, 2.24) is 15.3 Å². The van der Waals surface area contributed by atoms with Crippen LogP contribution in [0.25, 0.3) is 0 Å². The first-order valence-corrected chi connectivity index (χ1v) is 11.5. The van der Waals surface area contributed by atoms with Gasteiger partial charge in [0.2, 0.25) is 11.8 Å². The van der Waals surface area contributed by atoms with Crippen LogP contribution in [0.4, 0.5) is 17.2 Å². The first kappa shape index (κ1) is 22.0. The Balaban J connectivity index is 1.21. The fourth-order valence-corrected chi connectivity index (χ4v) is 4.48. The van der Waals surface area contributed by atoms with E-state index in [0.717, 1.165) is 56.2 Å². The molecule has 2 fully saturated rings. The van der Waals surface area contributed by atoms with Gasteiger partial charge in [-0.2, -0.15) is 0 Å². The Morgan fingerprint density at radius 3 is 2.59 bits per heavy atom. The van der Waals surface area contributed by atoms with Gasteiger partial charge < -0.3 is 20.4 Å². The summed E-state index contributed by atoms with van der Waals surface area (Å²) in [5.41, 5.74) is 1.95. The molecule has 4 rings (SSSR count). The van der Waals surface area contributed by atoms with E-state index in [9.17, 15) is 9.59 Å². The van der Waals surface area contributed by atoms with Gasteiger partial charge in [-0.05, 0) is 50.8 Å². The molecule has 2 N–H and O–H groups in total. The number of nitrogens with one attached hydrogen (secondary N) is 2. The summed E-state index contributed by atoms with van der Waals surface area (Å²) in [6.45, 7) is 5.57. The van der Waals surface area contributed by atoms with Crippen molar-refractivity contribution in [3.63, 3.8) is 0 Å². The molecule has 2 aromatic rings. The van der Waals surface area contributed by atoms with Gasteiger partial charge >= 0.3 is 0 Å². The summed E-state index contributed by atoms with van der Waals surface area (Å²) in [5, 5.41) is 6.00. The maximum Gasteiger partial charge on any atom is 0.226 e. The van der Waals surface area contributed by atoms with Crippen molar-refractivity contribution in [2.45, 2.75) is 45.1 Å². The highest BCUT2D eigenvalue weighted by molar-refractivity contribution is 5.92. The quantitative estimate of drug-likeness (QED) is 0.694. The third kappa shape index (κ3) is 5.75. The van der Waals surface area contributed by atoms with Gasteiger partial charge in [-0.1, -0.05) is 6.07 Å². The van der Waals surface area contributed by atoms with Crippen molar-refractivity contribution < 1.29 is 9.59 Å². The molecule has 0 aliphatic carbocycles. The van der Waals surface area contributed by atoms with Crippen LogP contribution in [0, 0.1) is 5.92 Å². The minimum atomic E-state index is -0.220. The summed E-state index contributed by atoms with van der Waals surface area (Å²) in [4.78, 5) is 38.1. The second-order valence-electron chi connectivity index (χ2n) is 8.73. The molecule has 1 aromatic carbocycles. The molecule has 1 aromatic heterocycles. The smallest absolute Gasteiger partial charge is 0.226 e. The number of rotatable bonds is 7. The number of aromatic nitrogens is 2. The van der Waals surface area contributed by atoms with E-state index in [-0.39, 0.29) is 30.2 Å². The van der Waals surface area contributed by atoms with Crippen LogP contribution in [-0.2, 0) is 9.59 Å². The third-order valence-corrected chi connectivity index (χ3v) is 6.22. The molecule has 1 unspecified atom stereocenters. The lowest BCUT2D eigenvalue weighted by atomic mass is 9.95. The van der Waals surface area contributed by atoms with Crippen molar-refractivity contribution in [3.8, 4) is 0 Å². The van der Waals surface area contributed by atoms with E-state index < -0.39 is 0 Å². The molecule has 32 heavy (non-hydrogen) atoms. The lowest BCUT2D eigenvalue weighted by molar-refractivity contribution is -0.126. The highest BCUT2D eigenvalue weighted by Crippen LogP contribution is 2.24. The molecule has 1 atom stereocenters. The molecule has 0 spiro atoms. The largest absolute Gasteiger partial charge is 0.371 e. The second-order valence-corrected chi connectivity index (χ2v) is 8.73. The Morgan fingerprint density at radius 1 is 1.09 bits per heavy atom. The molecule has 0 bridgehead atoms. The van der Waals surface area contributed by atoms with Gasteiger partial charge in [-0.3, -0.25) is 14.6 Å². The molecule has 0 radical (unpaired) electrons. The van der Waals surface area contributed by atoms with Gasteiger partial charge in [-0.25, -0.2) is 4.98 Å². The lowest BCUT2D eigenvalue weighted by Crippen LogP contribution is -2.44. The van der Waals surface area contributed by atoms with Crippen LogP contribution < -0.4 is 20.4 Å². The fraction of sp³-hybridized carbons (Fsp3) is 0.500. The van der Waals surface area contributed by atoms with E-state index in [2.05, 4.69) is 36.5 Å². The summed E-state index contributed by atoms with van der Waals surface area (Å²) in [6, 6.07) is 7.77. The topological polar surface area (TPSA) is 90.5 Å².